The van der Waals surface area contributed by atoms with E-state index in [1.54, 1.807) is 6.07 Å². The van der Waals surface area contributed by atoms with E-state index in [1.807, 2.05) is 12.1 Å². The molecule has 0 heterocycles. The minimum Gasteiger partial charge on any atom is -0.313 e. The molecule has 0 aliphatic heterocycles. The van der Waals surface area contributed by atoms with Gasteiger partial charge in [0, 0.05) is 17.1 Å². The molecule has 0 spiro atoms. The van der Waals surface area contributed by atoms with Gasteiger partial charge in [0.15, 0.2) is 0 Å². The highest BCUT2D eigenvalue weighted by Crippen LogP contribution is 2.29. The first-order valence-electron chi connectivity index (χ1n) is 6.70. The summed E-state index contributed by atoms with van der Waals surface area (Å²) in [5.41, 5.74) is 0.956. The van der Waals surface area contributed by atoms with Crippen molar-refractivity contribution in [1.29, 1.82) is 0 Å². The largest absolute Gasteiger partial charge is 0.313 e. The summed E-state index contributed by atoms with van der Waals surface area (Å²) in [5, 5.41) is 3.57. The first kappa shape index (κ1) is 14.0. The summed E-state index contributed by atoms with van der Waals surface area (Å²) in [6.45, 7) is 5.40. The van der Waals surface area contributed by atoms with E-state index in [-0.39, 0.29) is 11.2 Å². The van der Waals surface area contributed by atoms with Crippen molar-refractivity contribution >= 4 is 15.9 Å². The van der Waals surface area contributed by atoms with Crippen molar-refractivity contribution in [2.24, 2.45) is 5.41 Å². The molecule has 3 heteroatoms. The topological polar surface area (TPSA) is 12.0 Å². The van der Waals surface area contributed by atoms with Crippen molar-refractivity contribution < 1.29 is 4.39 Å². The molecule has 0 amide bonds. The van der Waals surface area contributed by atoms with E-state index in [1.165, 1.54) is 12.8 Å². The van der Waals surface area contributed by atoms with Gasteiger partial charge < -0.3 is 5.32 Å². The Kier molecular flexibility index (Phi) is 4.44. The molecule has 1 aromatic carbocycles. The first-order valence-corrected chi connectivity index (χ1v) is 7.49. The van der Waals surface area contributed by atoms with Gasteiger partial charge in [-0.15, -0.1) is 0 Å². The second-order valence-corrected chi connectivity index (χ2v) is 6.65. The number of benzene rings is 1. The van der Waals surface area contributed by atoms with E-state index < -0.39 is 0 Å². The van der Waals surface area contributed by atoms with E-state index in [0.29, 0.717) is 6.04 Å². The number of nitrogens with one attached hydrogen (secondary N) is 1. The van der Waals surface area contributed by atoms with Crippen molar-refractivity contribution in [3.05, 3.63) is 34.1 Å². The summed E-state index contributed by atoms with van der Waals surface area (Å²) in [5.74, 6) is -0.101. The van der Waals surface area contributed by atoms with Gasteiger partial charge in [-0.1, -0.05) is 35.8 Å². The van der Waals surface area contributed by atoms with Gasteiger partial charge in [-0.25, -0.2) is 4.39 Å². The molecule has 1 aliphatic rings. The second kappa shape index (κ2) is 5.70. The predicted octanol–water partition coefficient (Wildman–Crippen LogP) is 4.30. The molecule has 0 aromatic heterocycles. The Labute approximate surface area is 117 Å². The number of halogens is 2. The van der Waals surface area contributed by atoms with Crippen LogP contribution in [0.2, 0.25) is 0 Å². The Hall–Kier alpha value is -0.410. The number of hydrogen-bond acceptors (Lipinski definition) is 1. The van der Waals surface area contributed by atoms with E-state index in [9.17, 15) is 4.39 Å². The third-order valence-electron chi connectivity index (χ3n) is 3.88. The number of rotatable bonds is 6. The van der Waals surface area contributed by atoms with Crippen LogP contribution in [0.4, 0.5) is 4.39 Å². The van der Waals surface area contributed by atoms with Crippen LogP contribution in [0.15, 0.2) is 22.7 Å². The van der Waals surface area contributed by atoms with Gasteiger partial charge >= 0.3 is 0 Å². The summed E-state index contributed by atoms with van der Waals surface area (Å²) >= 11 is 3.30. The van der Waals surface area contributed by atoms with Crippen LogP contribution in [0.5, 0.6) is 0 Å². The molecule has 1 atom stereocenters. The molecule has 1 fully saturated rings. The summed E-state index contributed by atoms with van der Waals surface area (Å²) in [7, 11) is 0. The highest BCUT2D eigenvalue weighted by atomic mass is 79.9. The van der Waals surface area contributed by atoms with Gasteiger partial charge in [0.25, 0.3) is 0 Å². The maximum atomic E-state index is 13.9. The average Bonchev–Trinajstić information content (AvgIpc) is 3.14. The van der Waals surface area contributed by atoms with Crippen LogP contribution >= 0.6 is 15.9 Å². The highest BCUT2D eigenvalue weighted by Gasteiger charge is 2.28. The zero-order chi connectivity index (χ0) is 13.2. The molecular formula is C15H21BrFN. The fourth-order valence-electron chi connectivity index (χ4n) is 2.12. The third kappa shape index (κ3) is 3.79. The third-order valence-corrected chi connectivity index (χ3v) is 4.37. The minimum atomic E-state index is -0.101. The molecule has 1 nitrogen and oxygen atoms in total. The summed E-state index contributed by atoms with van der Waals surface area (Å²) in [6.07, 6.45) is 4.45. The van der Waals surface area contributed by atoms with Crippen molar-refractivity contribution in [1.82, 2.24) is 5.32 Å². The minimum absolute atomic E-state index is 0.101. The lowest BCUT2D eigenvalue weighted by molar-refractivity contribution is 0.285. The van der Waals surface area contributed by atoms with Crippen LogP contribution in [0.1, 0.15) is 38.7 Å². The predicted molar refractivity (Wildman–Crippen MR) is 77.2 cm³/mol. The molecule has 1 unspecified atom stereocenters. The molecule has 100 valence electrons. The molecule has 0 bridgehead atoms. The van der Waals surface area contributed by atoms with E-state index in [0.717, 1.165) is 29.4 Å². The maximum Gasteiger partial charge on any atom is 0.127 e. The molecule has 1 aromatic rings. The molecule has 1 N–H and O–H groups in total. The Morgan fingerprint density at radius 1 is 1.44 bits per heavy atom. The van der Waals surface area contributed by atoms with Gasteiger partial charge in [-0.3, -0.25) is 0 Å². The molecule has 1 saturated carbocycles. The zero-order valence-electron chi connectivity index (χ0n) is 11.1. The number of hydrogen-bond donors (Lipinski definition) is 1. The maximum absolute atomic E-state index is 13.9. The van der Waals surface area contributed by atoms with E-state index in [2.05, 4.69) is 35.1 Å². The second-order valence-electron chi connectivity index (χ2n) is 5.73. The molecule has 18 heavy (non-hydrogen) atoms. The first-order chi connectivity index (χ1) is 8.52. The van der Waals surface area contributed by atoms with Gasteiger partial charge in [0.2, 0.25) is 0 Å². The van der Waals surface area contributed by atoms with Crippen LogP contribution in [-0.4, -0.2) is 12.6 Å². The normalized spacial score (nSPS) is 18.7. The standard InChI is InChI=1S/C15H21BrFN/c1-3-15(2,10-18-13-6-7-13)9-11-4-5-12(16)8-14(11)17/h4-5,8,13,18H,3,6-7,9-10H2,1-2H3. The lowest BCUT2D eigenvalue weighted by Gasteiger charge is -2.29. The Balaban J connectivity index is 2.02. The fourth-order valence-corrected chi connectivity index (χ4v) is 2.45. The lowest BCUT2D eigenvalue weighted by Crippen LogP contribution is -2.34. The van der Waals surface area contributed by atoms with E-state index >= 15 is 0 Å². The highest BCUT2D eigenvalue weighted by molar-refractivity contribution is 9.10. The molecule has 1 aliphatic carbocycles. The SMILES string of the molecule is CCC(C)(CNC1CC1)Cc1ccc(Br)cc1F. The smallest absolute Gasteiger partial charge is 0.127 e. The van der Waals surface area contributed by atoms with Crippen molar-refractivity contribution in [3.8, 4) is 0 Å². The summed E-state index contributed by atoms with van der Waals surface area (Å²) < 4.78 is 14.7. The quantitative estimate of drug-likeness (QED) is 0.825. The van der Waals surface area contributed by atoms with Gasteiger partial charge in [-0.05, 0) is 48.8 Å². The molecular weight excluding hydrogens is 293 g/mol. The van der Waals surface area contributed by atoms with Gasteiger partial charge in [-0.2, -0.15) is 0 Å². The van der Waals surface area contributed by atoms with Gasteiger partial charge in [0.1, 0.15) is 5.82 Å². The molecule has 0 radical (unpaired) electrons. The zero-order valence-corrected chi connectivity index (χ0v) is 12.7. The monoisotopic (exact) mass is 313 g/mol. The Morgan fingerprint density at radius 2 is 2.17 bits per heavy atom. The van der Waals surface area contributed by atoms with Crippen LogP contribution in [0, 0.1) is 11.2 Å². The van der Waals surface area contributed by atoms with Crippen LogP contribution < -0.4 is 5.32 Å². The Bertz CT molecular complexity index is 417. The van der Waals surface area contributed by atoms with Crippen molar-refractivity contribution in [3.63, 3.8) is 0 Å². The van der Waals surface area contributed by atoms with E-state index in [4.69, 9.17) is 0 Å². The fraction of sp³-hybridized carbons (Fsp3) is 0.600. The van der Waals surface area contributed by atoms with Crippen molar-refractivity contribution in [2.75, 3.05) is 6.54 Å². The average molecular weight is 314 g/mol. The van der Waals surface area contributed by atoms with Crippen LogP contribution in [0.25, 0.3) is 0 Å². The summed E-state index contributed by atoms with van der Waals surface area (Å²) in [4.78, 5) is 0. The molecule has 0 saturated heterocycles. The van der Waals surface area contributed by atoms with Crippen LogP contribution in [0.3, 0.4) is 0 Å². The summed E-state index contributed by atoms with van der Waals surface area (Å²) in [6, 6.07) is 6.08. The van der Waals surface area contributed by atoms with Crippen molar-refractivity contribution in [2.45, 2.75) is 45.6 Å². The molecule has 2 rings (SSSR count). The Morgan fingerprint density at radius 3 is 2.72 bits per heavy atom. The lowest BCUT2D eigenvalue weighted by atomic mass is 9.81. The van der Waals surface area contributed by atoms with Gasteiger partial charge in [0.05, 0.1) is 0 Å². The van der Waals surface area contributed by atoms with Crippen LogP contribution in [-0.2, 0) is 6.42 Å².